The highest BCUT2D eigenvalue weighted by Gasteiger charge is 2.17. The topological polar surface area (TPSA) is 83.7 Å². The third-order valence-electron chi connectivity index (χ3n) is 9.26. The van der Waals surface area contributed by atoms with Gasteiger partial charge in [-0.3, -0.25) is 14.9 Å². The standard InChI is InChI=1S/C41H44ClN5O3S/c1-29-33(9-6-10-36(29)37-11-7-12-39(30(37)2)48-16-8-15-47-13-4-5-14-47)27-50-41-19-40(49-26-32-17-31(20-43)21-44-22-32)34(18-38(41)42)24-46(3)25-35-23-45-28-51-35/h6-7,9-12,17-19,21-23,28H,4-5,8,13-16,24-27H2,1-3H3. The molecule has 0 atom stereocenters. The summed E-state index contributed by atoms with van der Waals surface area (Å²) < 4.78 is 19.0. The van der Waals surface area contributed by atoms with Crippen LogP contribution in [0.15, 0.2) is 78.7 Å². The van der Waals surface area contributed by atoms with Crippen LogP contribution in [0.3, 0.4) is 0 Å². The van der Waals surface area contributed by atoms with Crippen LogP contribution >= 0.6 is 22.9 Å². The van der Waals surface area contributed by atoms with Crippen molar-refractivity contribution in [2.75, 3.05) is 33.3 Å². The van der Waals surface area contributed by atoms with Crippen molar-refractivity contribution in [2.24, 2.45) is 0 Å². The van der Waals surface area contributed by atoms with Gasteiger partial charge in [-0.1, -0.05) is 41.9 Å². The van der Waals surface area contributed by atoms with Gasteiger partial charge in [-0.25, -0.2) is 0 Å². The molecule has 2 aromatic heterocycles. The van der Waals surface area contributed by atoms with Gasteiger partial charge >= 0.3 is 0 Å². The minimum atomic E-state index is 0.247. The molecule has 10 heteroatoms. The van der Waals surface area contributed by atoms with Crippen molar-refractivity contribution >= 4 is 22.9 Å². The predicted molar refractivity (Wildman–Crippen MR) is 203 cm³/mol. The lowest BCUT2D eigenvalue weighted by atomic mass is 9.93. The van der Waals surface area contributed by atoms with Gasteiger partial charge in [0, 0.05) is 60.3 Å². The minimum Gasteiger partial charge on any atom is -0.493 e. The van der Waals surface area contributed by atoms with Gasteiger partial charge in [-0.2, -0.15) is 5.26 Å². The lowest BCUT2D eigenvalue weighted by Crippen LogP contribution is -2.22. The molecule has 0 amide bonds. The maximum absolute atomic E-state index is 9.34. The van der Waals surface area contributed by atoms with E-state index in [1.807, 2.05) is 23.8 Å². The van der Waals surface area contributed by atoms with E-state index in [-0.39, 0.29) is 6.61 Å². The highest BCUT2D eigenvalue weighted by molar-refractivity contribution is 7.09. The molecule has 1 aliphatic heterocycles. The summed E-state index contributed by atoms with van der Waals surface area (Å²) in [5.74, 6) is 2.13. The zero-order chi connectivity index (χ0) is 35.6. The molecule has 0 saturated carbocycles. The van der Waals surface area contributed by atoms with Crippen molar-refractivity contribution in [3.05, 3.63) is 122 Å². The molecule has 0 radical (unpaired) electrons. The molecule has 0 unspecified atom stereocenters. The largest absolute Gasteiger partial charge is 0.493 e. The summed E-state index contributed by atoms with van der Waals surface area (Å²) in [6.07, 6.45) is 8.78. The third kappa shape index (κ3) is 9.66. The molecule has 8 nitrogen and oxygen atoms in total. The summed E-state index contributed by atoms with van der Waals surface area (Å²) in [7, 11) is 2.05. The highest BCUT2D eigenvalue weighted by atomic mass is 35.5. The van der Waals surface area contributed by atoms with Crippen molar-refractivity contribution in [1.29, 1.82) is 5.26 Å². The number of hydrogen-bond donors (Lipinski definition) is 0. The summed E-state index contributed by atoms with van der Waals surface area (Å²) >= 11 is 8.50. The number of pyridine rings is 1. The van der Waals surface area contributed by atoms with E-state index in [2.05, 4.69) is 83.1 Å². The molecule has 3 heterocycles. The number of benzene rings is 3. The number of nitrogens with zero attached hydrogens (tertiary/aromatic N) is 5. The Hall–Kier alpha value is -4.46. The summed E-state index contributed by atoms with van der Waals surface area (Å²) in [4.78, 5) is 14.3. The summed E-state index contributed by atoms with van der Waals surface area (Å²) in [6, 6.07) is 20.3. The number of hydrogen-bond acceptors (Lipinski definition) is 9. The van der Waals surface area contributed by atoms with E-state index in [1.165, 1.54) is 37.0 Å². The molecule has 0 aliphatic carbocycles. The fourth-order valence-electron chi connectivity index (χ4n) is 6.49. The van der Waals surface area contributed by atoms with Gasteiger partial charge in [0.25, 0.3) is 0 Å². The SMILES string of the molecule is Cc1c(COc2cc(OCc3cncc(C#N)c3)c(CN(C)Cc3cncs3)cc2Cl)cccc1-c1cccc(OCCCN2CCCC2)c1C. The lowest BCUT2D eigenvalue weighted by Gasteiger charge is -2.21. The van der Waals surface area contributed by atoms with Crippen LogP contribution in [0.5, 0.6) is 17.2 Å². The van der Waals surface area contributed by atoms with Crippen LogP contribution in [0.1, 0.15) is 57.5 Å². The monoisotopic (exact) mass is 721 g/mol. The van der Waals surface area contributed by atoms with Crippen LogP contribution in [-0.4, -0.2) is 53.1 Å². The van der Waals surface area contributed by atoms with Gasteiger partial charge < -0.3 is 19.1 Å². The first-order chi connectivity index (χ1) is 24.9. The molecular weight excluding hydrogens is 678 g/mol. The van der Waals surface area contributed by atoms with E-state index >= 15 is 0 Å². The molecule has 264 valence electrons. The Bertz CT molecular complexity index is 1960. The van der Waals surface area contributed by atoms with Gasteiger partial charge in [-0.15, -0.1) is 11.3 Å². The van der Waals surface area contributed by atoms with E-state index in [9.17, 15) is 5.26 Å². The first kappa shape index (κ1) is 36.3. The van der Waals surface area contributed by atoms with Crippen molar-refractivity contribution in [3.63, 3.8) is 0 Å². The second-order valence-electron chi connectivity index (χ2n) is 13.1. The molecule has 1 saturated heterocycles. The molecule has 6 rings (SSSR count). The lowest BCUT2D eigenvalue weighted by molar-refractivity contribution is 0.262. The Morgan fingerprint density at radius 2 is 1.63 bits per heavy atom. The molecule has 0 bridgehead atoms. The number of rotatable bonds is 16. The first-order valence-electron chi connectivity index (χ1n) is 17.4. The number of likely N-dealkylation sites (tertiary alicyclic amines) is 1. The average Bonchev–Trinajstić information content (AvgIpc) is 3.86. The molecular formula is C41H44ClN5O3S. The predicted octanol–water partition coefficient (Wildman–Crippen LogP) is 9.00. The first-order valence-corrected chi connectivity index (χ1v) is 18.6. The van der Waals surface area contributed by atoms with Crippen LogP contribution < -0.4 is 14.2 Å². The molecule has 5 aromatic rings. The Morgan fingerprint density at radius 1 is 0.843 bits per heavy atom. The smallest absolute Gasteiger partial charge is 0.142 e. The van der Waals surface area contributed by atoms with Gasteiger partial charge in [-0.05, 0) is 99.3 Å². The van der Waals surface area contributed by atoms with Crippen molar-refractivity contribution < 1.29 is 14.2 Å². The van der Waals surface area contributed by atoms with Gasteiger partial charge in [0.2, 0.25) is 0 Å². The summed E-state index contributed by atoms with van der Waals surface area (Å²) in [5, 5.41) is 9.85. The van der Waals surface area contributed by atoms with E-state index in [1.54, 1.807) is 23.6 Å². The normalized spacial score (nSPS) is 13.0. The quantitative estimate of drug-likeness (QED) is 0.0934. The fraction of sp³-hybridized carbons (Fsp3) is 0.341. The number of nitriles is 1. The maximum atomic E-state index is 9.34. The van der Waals surface area contributed by atoms with Crippen LogP contribution in [0.4, 0.5) is 0 Å². The second-order valence-corrected chi connectivity index (χ2v) is 14.4. The molecule has 0 N–H and O–H groups in total. The Labute approximate surface area is 310 Å². The Morgan fingerprint density at radius 3 is 2.41 bits per heavy atom. The van der Waals surface area contributed by atoms with E-state index in [4.69, 9.17) is 25.8 Å². The Kier molecular flexibility index (Phi) is 12.6. The molecule has 1 aliphatic rings. The van der Waals surface area contributed by atoms with Crippen LogP contribution in [0.2, 0.25) is 5.02 Å². The zero-order valence-electron chi connectivity index (χ0n) is 29.5. The minimum absolute atomic E-state index is 0.247. The molecule has 51 heavy (non-hydrogen) atoms. The number of ether oxygens (including phenoxy) is 3. The number of aromatic nitrogens is 2. The zero-order valence-corrected chi connectivity index (χ0v) is 31.1. The van der Waals surface area contributed by atoms with Gasteiger partial charge in [0.15, 0.2) is 0 Å². The molecule has 3 aromatic carbocycles. The summed E-state index contributed by atoms with van der Waals surface area (Å²) in [6.45, 7) is 10.4. The van der Waals surface area contributed by atoms with Gasteiger partial charge in [0.05, 0.1) is 22.7 Å². The Balaban J connectivity index is 1.17. The van der Waals surface area contributed by atoms with Crippen molar-refractivity contribution in [2.45, 2.75) is 59.4 Å². The van der Waals surface area contributed by atoms with Crippen LogP contribution in [0.25, 0.3) is 11.1 Å². The van der Waals surface area contributed by atoms with E-state index < -0.39 is 0 Å². The highest BCUT2D eigenvalue weighted by Crippen LogP contribution is 2.37. The maximum Gasteiger partial charge on any atom is 0.142 e. The third-order valence-corrected chi connectivity index (χ3v) is 10.3. The number of thiazole rings is 1. The average molecular weight is 722 g/mol. The van der Waals surface area contributed by atoms with Crippen molar-refractivity contribution in [1.82, 2.24) is 19.8 Å². The molecule has 1 fully saturated rings. The summed E-state index contributed by atoms with van der Waals surface area (Å²) in [5.41, 5.74) is 9.70. The van der Waals surface area contributed by atoms with Gasteiger partial charge in [0.1, 0.15) is 36.5 Å². The molecule has 0 spiro atoms. The van der Waals surface area contributed by atoms with Crippen LogP contribution in [-0.2, 0) is 26.3 Å². The van der Waals surface area contributed by atoms with E-state index in [0.29, 0.717) is 41.8 Å². The fourth-order valence-corrected chi connectivity index (χ4v) is 7.41. The van der Waals surface area contributed by atoms with Crippen molar-refractivity contribution in [3.8, 4) is 34.4 Å². The second kappa shape index (κ2) is 17.7. The number of halogens is 1. The van der Waals surface area contributed by atoms with Crippen LogP contribution in [0, 0.1) is 25.2 Å². The van der Waals surface area contributed by atoms with E-state index in [0.717, 1.165) is 64.2 Å².